The Morgan fingerprint density at radius 3 is 3.25 bits per heavy atom. The van der Waals surface area contributed by atoms with Gasteiger partial charge in [-0.05, 0) is 17.8 Å². The van der Waals surface area contributed by atoms with E-state index in [4.69, 9.17) is 0 Å². The molecule has 0 amide bonds. The second-order valence-electron chi connectivity index (χ2n) is 2.81. The topological polar surface area (TPSA) is 41.1 Å². The normalized spacial score (nSPS) is 31.8. The summed E-state index contributed by atoms with van der Waals surface area (Å²) in [5, 5.41) is 6.23. The standard InChI is InChI=1S/C9H10N2O/c12-6-8-4-3-7-2-1-5-10-9(7)11-8/h1-6,8-11H. The van der Waals surface area contributed by atoms with E-state index in [0.717, 1.165) is 11.9 Å². The zero-order valence-electron chi connectivity index (χ0n) is 6.53. The lowest BCUT2D eigenvalue weighted by Crippen LogP contribution is -2.49. The molecule has 3 nitrogen and oxygen atoms in total. The van der Waals surface area contributed by atoms with E-state index in [1.807, 2.05) is 30.5 Å². The van der Waals surface area contributed by atoms with E-state index in [1.165, 1.54) is 0 Å². The van der Waals surface area contributed by atoms with Gasteiger partial charge in [0, 0.05) is 0 Å². The van der Waals surface area contributed by atoms with Gasteiger partial charge in [0.1, 0.15) is 12.5 Å². The molecule has 0 aliphatic carbocycles. The van der Waals surface area contributed by atoms with E-state index in [-0.39, 0.29) is 12.2 Å². The van der Waals surface area contributed by atoms with Crippen molar-refractivity contribution in [3.63, 3.8) is 0 Å². The molecule has 0 bridgehead atoms. The Hall–Kier alpha value is -1.35. The third kappa shape index (κ3) is 1.19. The van der Waals surface area contributed by atoms with Crippen LogP contribution in [0.1, 0.15) is 0 Å². The molecule has 0 aromatic carbocycles. The maximum Gasteiger partial charge on any atom is 0.140 e. The third-order valence-corrected chi connectivity index (χ3v) is 1.98. The molecular weight excluding hydrogens is 152 g/mol. The maximum absolute atomic E-state index is 10.5. The lowest BCUT2D eigenvalue weighted by Gasteiger charge is -2.28. The second-order valence-corrected chi connectivity index (χ2v) is 2.81. The van der Waals surface area contributed by atoms with Gasteiger partial charge in [-0.3, -0.25) is 5.32 Å². The van der Waals surface area contributed by atoms with E-state index in [2.05, 4.69) is 10.6 Å². The summed E-state index contributed by atoms with van der Waals surface area (Å²) in [4.78, 5) is 10.5. The Bertz CT molecular complexity index is 278. The van der Waals surface area contributed by atoms with E-state index >= 15 is 0 Å². The molecule has 2 aliphatic rings. The van der Waals surface area contributed by atoms with Crippen LogP contribution in [-0.4, -0.2) is 18.5 Å². The first-order chi connectivity index (χ1) is 5.90. The number of rotatable bonds is 1. The number of carbonyl (C=O) groups is 1. The number of hydrogen-bond donors (Lipinski definition) is 2. The van der Waals surface area contributed by atoms with Crippen molar-refractivity contribution in [1.29, 1.82) is 0 Å². The molecule has 0 aromatic heterocycles. The van der Waals surface area contributed by atoms with Gasteiger partial charge in [-0.1, -0.05) is 18.2 Å². The molecule has 62 valence electrons. The fourth-order valence-corrected chi connectivity index (χ4v) is 1.35. The molecular formula is C9H10N2O. The molecule has 12 heavy (non-hydrogen) atoms. The van der Waals surface area contributed by atoms with Crippen LogP contribution in [0.2, 0.25) is 0 Å². The molecule has 0 saturated heterocycles. The van der Waals surface area contributed by atoms with Gasteiger partial charge in [0.2, 0.25) is 0 Å². The van der Waals surface area contributed by atoms with E-state index in [0.29, 0.717) is 0 Å². The molecule has 0 radical (unpaired) electrons. The molecule has 0 saturated carbocycles. The summed E-state index contributed by atoms with van der Waals surface area (Å²) in [6, 6.07) is -0.161. The molecule has 2 N–H and O–H groups in total. The Morgan fingerprint density at radius 1 is 1.50 bits per heavy atom. The van der Waals surface area contributed by atoms with Gasteiger partial charge in [-0.25, -0.2) is 0 Å². The predicted molar refractivity (Wildman–Crippen MR) is 46.3 cm³/mol. The molecule has 2 unspecified atom stereocenters. The first-order valence-corrected chi connectivity index (χ1v) is 3.92. The van der Waals surface area contributed by atoms with Crippen molar-refractivity contribution in [2.75, 3.05) is 0 Å². The number of dihydropyridines is 1. The van der Waals surface area contributed by atoms with Gasteiger partial charge in [-0.2, -0.15) is 0 Å². The summed E-state index contributed by atoms with van der Waals surface area (Å²) < 4.78 is 0. The van der Waals surface area contributed by atoms with Crippen molar-refractivity contribution >= 4 is 6.29 Å². The Morgan fingerprint density at radius 2 is 2.42 bits per heavy atom. The van der Waals surface area contributed by atoms with Gasteiger partial charge < -0.3 is 10.1 Å². The highest BCUT2D eigenvalue weighted by atomic mass is 16.1. The maximum atomic E-state index is 10.5. The van der Waals surface area contributed by atoms with Gasteiger partial charge in [0.05, 0.1) is 6.04 Å². The van der Waals surface area contributed by atoms with E-state index in [1.54, 1.807) is 0 Å². The molecule has 0 spiro atoms. The number of aldehydes is 1. The highest BCUT2D eigenvalue weighted by molar-refractivity contribution is 5.62. The lowest BCUT2D eigenvalue weighted by atomic mass is 10.0. The van der Waals surface area contributed by atoms with Gasteiger partial charge in [-0.15, -0.1) is 0 Å². The van der Waals surface area contributed by atoms with Crippen molar-refractivity contribution in [2.45, 2.75) is 12.2 Å². The van der Waals surface area contributed by atoms with Crippen LogP contribution in [0.25, 0.3) is 0 Å². The summed E-state index contributed by atoms with van der Waals surface area (Å²) in [6.45, 7) is 0. The zero-order valence-corrected chi connectivity index (χ0v) is 6.53. The summed E-state index contributed by atoms with van der Waals surface area (Å²) >= 11 is 0. The summed E-state index contributed by atoms with van der Waals surface area (Å²) in [7, 11) is 0. The molecule has 2 heterocycles. The number of hydrogen-bond acceptors (Lipinski definition) is 3. The van der Waals surface area contributed by atoms with Crippen LogP contribution in [0, 0.1) is 0 Å². The largest absolute Gasteiger partial charge is 0.372 e. The van der Waals surface area contributed by atoms with Crippen molar-refractivity contribution < 1.29 is 4.79 Å². The zero-order chi connectivity index (χ0) is 8.39. The predicted octanol–water partition coefficient (Wildman–Crippen LogP) is 0.0827. The minimum atomic E-state index is -0.161. The van der Waals surface area contributed by atoms with Crippen LogP contribution in [0.3, 0.4) is 0 Å². The Labute approximate surface area is 70.8 Å². The summed E-state index contributed by atoms with van der Waals surface area (Å²) in [5.41, 5.74) is 1.16. The number of allylic oxidation sites excluding steroid dienone is 2. The fraction of sp³-hybridized carbons (Fsp3) is 0.222. The van der Waals surface area contributed by atoms with Gasteiger partial charge in [0.15, 0.2) is 0 Å². The molecule has 2 rings (SSSR count). The quantitative estimate of drug-likeness (QED) is 0.537. The van der Waals surface area contributed by atoms with Crippen molar-refractivity contribution in [3.8, 4) is 0 Å². The van der Waals surface area contributed by atoms with Crippen LogP contribution in [-0.2, 0) is 4.79 Å². The Balaban J connectivity index is 2.21. The minimum Gasteiger partial charge on any atom is -0.372 e. The molecule has 2 atom stereocenters. The van der Waals surface area contributed by atoms with Crippen LogP contribution in [0.15, 0.2) is 36.1 Å². The van der Waals surface area contributed by atoms with Crippen molar-refractivity contribution in [1.82, 2.24) is 10.6 Å². The average molecular weight is 162 g/mol. The van der Waals surface area contributed by atoms with Crippen LogP contribution in [0.5, 0.6) is 0 Å². The molecule has 3 heteroatoms. The van der Waals surface area contributed by atoms with Crippen LogP contribution >= 0.6 is 0 Å². The fourth-order valence-electron chi connectivity index (χ4n) is 1.35. The minimum absolute atomic E-state index is 0.0928. The summed E-state index contributed by atoms with van der Waals surface area (Å²) in [5.74, 6) is 0. The molecule has 2 aliphatic heterocycles. The highest BCUT2D eigenvalue weighted by Gasteiger charge is 2.19. The number of fused-ring (bicyclic) bond motifs is 1. The third-order valence-electron chi connectivity index (χ3n) is 1.98. The highest BCUT2D eigenvalue weighted by Crippen LogP contribution is 2.12. The van der Waals surface area contributed by atoms with Gasteiger partial charge in [0.25, 0.3) is 0 Å². The lowest BCUT2D eigenvalue weighted by molar-refractivity contribution is -0.108. The monoisotopic (exact) mass is 162 g/mol. The average Bonchev–Trinajstić information content (AvgIpc) is 2.17. The first kappa shape index (κ1) is 7.31. The van der Waals surface area contributed by atoms with Crippen LogP contribution < -0.4 is 10.6 Å². The number of carbonyl (C=O) groups excluding carboxylic acids is 1. The van der Waals surface area contributed by atoms with Gasteiger partial charge >= 0.3 is 0 Å². The van der Waals surface area contributed by atoms with Crippen molar-refractivity contribution in [2.24, 2.45) is 0 Å². The van der Waals surface area contributed by atoms with E-state index < -0.39 is 0 Å². The second kappa shape index (κ2) is 2.95. The number of nitrogens with one attached hydrogen (secondary N) is 2. The first-order valence-electron chi connectivity index (χ1n) is 3.92. The van der Waals surface area contributed by atoms with Crippen molar-refractivity contribution in [3.05, 3.63) is 36.1 Å². The molecule has 0 fully saturated rings. The van der Waals surface area contributed by atoms with Crippen LogP contribution in [0.4, 0.5) is 0 Å². The Kier molecular flexibility index (Phi) is 1.80. The van der Waals surface area contributed by atoms with E-state index in [9.17, 15) is 4.79 Å². The smallest absolute Gasteiger partial charge is 0.140 e. The molecule has 0 aromatic rings. The summed E-state index contributed by atoms with van der Waals surface area (Å²) in [6.07, 6.45) is 10.6. The SMILES string of the molecule is O=CC1C=CC2=CC=CNC2N1.